The zero-order chi connectivity index (χ0) is 11.4. The second-order valence-corrected chi connectivity index (χ2v) is 4.53. The van der Waals surface area contributed by atoms with Crippen LogP contribution in [-0.2, 0) is 10.3 Å². The van der Waals surface area contributed by atoms with E-state index < -0.39 is 0 Å². The van der Waals surface area contributed by atoms with Crippen molar-refractivity contribution in [1.82, 2.24) is 10.2 Å². The lowest BCUT2D eigenvalue weighted by Crippen LogP contribution is -2.52. The first kappa shape index (κ1) is 11.6. The minimum absolute atomic E-state index is 0.247. The van der Waals surface area contributed by atoms with E-state index in [1.54, 1.807) is 0 Å². The second-order valence-electron chi connectivity index (χ2n) is 4.53. The molecular weight excluding hydrogens is 200 g/mol. The molecule has 0 saturated carbocycles. The summed E-state index contributed by atoms with van der Waals surface area (Å²) in [6.07, 6.45) is 0. The molecular formula is C13H19N2O. The van der Waals surface area contributed by atoms with Crippen LogP contribution in [0.1, 0.15) is 5.56 Å². The van der Waals surface area contributed by atoms with Crippen LogP contribution in [0.5, 0.6) is 0 Å². The van der Waals surface area contributed by atoms with Gasteiger partial charge in [-0.15, -0.1) is 0 Å². The van der Waals surface area contributed by atoms with Gasteiger partial charge in [0, 0.05) is 19.6 Å². The number of benzene rings is 1. The Kier molecular flexibility index (Phi) is 3.59. The third kappa shape index (κ3) is 2.43. The van der Waals surface area contributed by atoms with Crippen molar-refractivity contribution in [1.29, 1.82) is 0 Å². The molecule has 1 saturated heterocycles. The van der Waals surface area contributed by atoms with E-state index in [2.05, 4.69) is 36.4 Å². The summed E-state index contributed by atoms with van der Waals surface area (Å²) >= 11 is 0. The van der Waals surface area contributed by atoms with Crippen molar-refractivity contribution < 1.29 is 4.74 Å². The average molecular weight is 219 g/mol. The standard InChI is InChI=1S/C13H19N2O/c1-15(2)11-13(10-14-8-9-16-13)12-6-4-3-5-7-12/h3-6,14H,8-11H2,1-2H3. The van der Waals surface area contributed by atoms with Crippen molar-refractivity contribution in [2.75, 3.05) is 40.3 Å². The highest BCUT2D eigenvalue weighted by Crippen LogP contribution is 2.27. The van der Waals surface area contributed by atoms with Gasteiger partial charge in [0.15, 0.2) is 0 Å². The maximum atomic E-state index is 6.03. The van der Waals surface area contributed by atoms with Gasteiger partial charge in [-0.1, -0.05) is 24.3 Å². The predicted molar refractivity (Wildman–Crippen MR) is 64.3 cm³/mol. The van der Waals surface area contributed by atoms with E-state index in [4.69, 9.17) is 4.74 Å². The average Bonchev–Trinajstić information content (AvgIpc) is 2.30. The van der Waals surface area contributed by atoms with Crippen molar-refractivity contribution in [2.45, 2.75) is 5.60 Å². The van der Waals surface area contributed by atoms with Gasteiger partial charge >= 0.3 is 0 Å². The molecule has 1 radical (unpaired) electrons. The molecule has 0 bridgehead atoms. The van der Waals surface area contributed by atoms with Crippen LogP contribution in [0.25, 0.3) is 0 Å². The topological polar surface area (TPSA) is 24.5 Å². The molecule has 1 aliphatic heterocycles. The maximum absolute atomic E-state index is 6.03. The van der Waals surface area contributed by atoms with Gasteiger partial charge in [0.25, 0.3) is 0 Å². The lowest BCUT2D eigenvalue weighted by atomic mass is 9.92. The zero-order valence-electron chi connectivity index (χ0n) is 9.99. The molecule has 1 aliphatic rings. The van der Waals surface area contributed by atoms with E-state index in [9.17, 15) is 0 Å². The normalized spacial score (nSPS) is 25.9. The molecule has 87 valence electrons. The van der Waals surface area contributed by atoms with Crippen molar-refractivity contribution in [3.8, 4) is 0 Å². The summed E-state index contributed by atoms with van der Waals surface area (Å²) < 4.78 is 6.03. The molecule has 1 unspecified atom stereocenters. The molecule has 1 atom stereocenters. The van der Waals surface area contributed by atoms with E-state index in [1.165, 1.54) is 0 Å². The SMILES string of the molecule is CN(C)CC1(c2[c]cccc2)CNCCO1. The number of likely N-dealkylation sites (N-methyl/N-ethyl adjacent to an activating group) is 1. The van der Waals surface area contributed by atoms with Crippen LogP contribution in [0.4, 0.5) is 0 Å². The van der Waals surface area contributed by atoms with Crippen molar-refractivity contribution >= 4 is 0 Å². The molecule has 1 aromatic carbocycles. The first-order chi connectivity index (χ1) is 7.73. The maximum Gasteiger partial charge on any atom is 0.119 e. The number of morpholine rings is 1. The van der Waals surface area contributed by atoms with E-state index in [-0.39, 0.29) is 5.60 Å². The monoisotopic (exact) mass is 219 g/mol. The summed E-state index contributed by atoms with van der Waals surface area (Å²) in [5.74, 6) is 0. The van der Waals surface area contributed by atoms with Gasteiger partial charge < -0.3 is 15.0 Å². The zero-order valence-corrected chi connectivity index (χ0v) is 9.99. The Labute approximate surface area is 97.4 Å². The Morgan fingerprint density at radius 1 is 1.50 bits per heavy atom. The quantitative estimate of drug-likeness (QED) is 0.816. The fourth-order valence-electron chi connectivity index (χ4n) is 2.21. The van der Waals surface area contributed by atoms with Gasteiger partial charge in [-0.05, 0) is 25.7 Å². The molecule has 16 heavy (non-hydrogen) atoms. The van der Waals surface area contributed by atoms with Crippen molar-refractivity contribution in [3.05, 3.63) is 35.9 Å². The number of nitrogens with one attached hydrogen (secondary N) is 1. The molecule has 1 N–H and O–H groups in total. The van der Waals surface area contributed by atoms with Gasteiger partial charge in [0.2, 0.25) is 0 Å². The molecule has 0 spiro atoms. The Morgan fingerprint density at radius 3 is 2.94 bits per heavy atom. The molecule has 0 amide bonds. The minimum Gasteiger partial charge on any atom is -0.366 e. The Balaban J connectivity index is 2.26. The summed E-state index contributed by atoms with van der Waals surface area (Å²) in [6.45, 7) is 3.42. The molecule has 2 rings (SSSR count). The van der Waals surface area contributed by atoms with E-state index in [0.29, 0.717) is 0 Å². The largest absolute Gasteiger partial charge is 0.366 e. The summed E-state index contributed by atoms with van der Waals surface area (Å²) in [5.41, 5.74) is 0.888. The van der Waals surface area contributed by atoms with Crippen LogP contribution in [0, 0.1) is 6.07 Å². The number of hydrogen-bond donors (Lipinski definition) is 1. The smallest absolute Gasteiger partial charge is 0.119 e. The van der Waals surface area contributed by atoms with Crippen molar-refractivity contribution in [2.24, 2.45) is 0 Å². The molecule has 1 aromatic rings. The lowest BCUT2D eigenvalue weighted by Gasteiger charge is -2.39. The molecule has 3 nitrogen and oxygen atoms in total. The lowest BCUT2D eigenvalue weighted by molar-refractivity contribution is -0.0838. The van der Waals surface area contributed by atoms with Crippen LogP contribution in [-0.4, -0.2) is 45.2 Å². The third-order valence-corrected chi connectivity index (χ3v) is 2.84. The van der Waals surface area contributed by atoms with Gasteiger partial charge in [-0.2, -0.15) is 0 Å². The summed E-state index contributed by atoms with van der Waals surface area (Å²) in [6, 6.07) is 11.4. The highest BCUT2D eigenvalue weighted by Gasteiger charge is 2.35. The summed E-state index contributed by atoms with van der Waals surface area (Å²) in [4.78, 5) is 2.16. The first-order valence-electron chi connectivity index (χ1n) is 5.70. The Morgan fingerprint density at radius 2 is 2.38 bits per heavy atom. The summed E-state index contributed by atoms with van der Waals surface area (Å²) in [5, 5.41) is 3.41. The van der Waals surface area contributed by atoms with Crippen molar-refractivity contribution in [3.63, 3.8) is 0 Å². The van der Waals surface area contributed by atoms with Crippen LogP contribution >= 0.6 is 0 Å². The number of rotatable bonds is 3. The minimum atomic E-state index is -0.247. The number of ether oxygens (including phenoxy) is 1. The second kappa shape index (κ2) is 4.95. The molecule has 1 fully saturated rings. The van der Waals surface area contributed by atoms with Crippen LogP contribution in [0.2, 0.25) is 0 Å². The highest BCUT2D eigenvalue weighted by molar-refractivity contribution is 5.23. The summed E-state index contributed by atoms with van der Waals surface area (Å²) in [7, 11) is 4.14. The van der Waals surface area contributed by atoms with E-state index >= 15 is 0 Å². The van der Waals surface area contributed by atoms with Crippen LogP contribution < -0.4 is 5.32 Å². The fourth-order valence-corrected chi connectivity index (χ4v) is 2.21. The van der Waals surface area contributed by atoms with Gasteiger partial charge in [0.1, 0.15) is 5.60 Å². The van der Waals surface area contributed by atoms with Gasteiger partial charge in [-0.3, -0.25) is 0 Å². The van der Waals surface area contributed by atoms with Gasteiger partial charge in [0.05, 0.1) is 6.61 Å². The predicted octanol–water partition coefficient (Wildman–Crippen LogP) is 0.863. The Bertz CT molecular complexity index is 318. The van der Waals surface area contributed by atoms with E-state index in [1.807, 2.05) is 18.2 Å². The van der Waals surface area contributed by atoms with Crippen LogP contribution in [0.3, 0.4) is 0 Å². The Hall–Kier alpha value is -0.900. The number of hydrogen-bond acceptors (Lipinski definition) is 3. The number of nitrogens with zero attached hydrogens (tertiary/aromatic N) is 1. The third-order valence-electron chi connectivity index (χ3n) is 2.84. The molecule has 0 aliphatic carbocycles. The molecule has 0 aromatic heterocycles. The van der Waals surface area contributed by atoms with E-state index in [0.717, 1.165) is 31.8 Å². The highest BCUT2D eigenvalue weighted by atomic mass is 16.5. The van der Waals surface area contributed by atoms with Crippen LogP contribution in [0.15, 0.2) is 24.3 Å². The molecule has 1 heterocycles. The first-order valence-corrected chi connectivity index (χ1v) is 5.70. The fraction of sp³-hybridized carbons (Fsp3) is 0.538. The molecule has 3 heteroatoms. The van der Waals surface area contributed by atoms with Gasteiger partial charge in [-0.25, -0.2) is 0 Å².